The van der Waals surface area contributed by atoms with Crippen LogP contribution in [0.1, 0.15) is 30.9 Å². The Morgan fingerprint density at radius 1 is 1.19 bits per heavy atom. The first kappa shape index (κ1) is 14.2. The summed E-state index contributed by atoms with van der Waals surface area (Å²) in [6.45, 7) is 6.54. The van der Waals surface area contributed by atoms with Crippen LogP contribution in [0.2, 0.25) is 0 Å². The van der Waals surface area contributed by atoms with Crippen molar-refractivity contribution in [3.8, 4) is 11.5 Å². The van der Waals surface area contributed by atoms with Crippen molar-refractivity contribution in [1.82, 2.24) is 4.90 Å². The molecular weight excluding hydrogens is 262 g/mol. The number of aromatic hydroxyl groups is 2. The maximum Gasteiger partial charge on any atom is 0.161 e. The van der Waals surface area contributed by atoms with Gasteiger partial charge in [-0.2, -0.15) is 0 Å². The molecule has 0 spiro atoms. The SMILES string of the molecule is Cc1c(O)c(O)cc2cccc(CC(C)N3CCCC3)c12. The average molecular weight is 285 g/mol. The Balaban J connectivity index is 2.00. The Morgan fingerprint density at radius 2 is 1.90 bits per heavy atom. The third-order valence-corrected chi connectivity index (χ3v) is 4.73. The minimum Gasteiger partial charge on any atom is -0.504 e. The van der Waals surface area contributed by atoms with Gasteiger partial charge >= 0.3 is 0 Å². The first-order chi connectivity index (χ1) is 10.1. The number of nitrogens with zero attached hydrogens (tertiary/aromatic N) is 1. The van der Waals surface area contributed by atoms with Crippen LogP contribution in [0.4, 0.5) is 0 Å². The van der Waals surface area contributed by atoms with E-state index >= 15 is 0 Å². The van der Waals surface area contributed by atoms with Gasteiger partial charge in [0.05, 0.1) is 0 Å². The van der Waals surface area contributed by atoms with Crippen molar-refractivity contribution in [2.45, 2.75) is 39.2 Å². The number of rotatable bonds is 3. The molecule has 0 amide bonds. The van der Waals surface area contributed by atoms with Gasteiger partial charge in [0.25, 0.3) is 0 Å². The van der Waals surface area contributed by atoms with Crippen LogP contribution in [-0.4, -0.2) is 34.2 Å². The highest BCUT2D eigenvalue weighted by Crippen LogP contribution is 2.37. The standard InChI is InChI=1S/C18H23NO2/c1-12(19-8-3-4-9-19)10-14-6-5-7-15-11-16(20)18(21)13(2)17(14)15/h5-7,11-12,20-21H,3-4,8-10H2,1-2H3. The lowest BCUT2D eigenvalue weighted by Gasteiger charge is -2.24. The number of aryl methyl sites for hydroxylation is 1. The number of fused-ring (bicyclic) bond motifs is 1. The molecule has 2 aromatic rings. The first-order valence-corrected chi connectivity index (χ1v) is 7.75. The molecule has 0 saturated carbocycles. The molecule has 0 aliphatic carbocycles. The van der Waals surface area contributed by atoms with Crippen LogP contribution in [0.15, 0.2) is 24.3 Å². The van der Waals surface area contributed by atoms with Crippen LogP contribution < -0.4 is 0 Å². The predicted molar refractivity (Wildman–Crippen MR) is 86.0 cm³/mol. The molecule has 2 aromatic carbocycles. The summed E-state index contributed by atoms with van der Waals surface area (Å²) in [7, 11) is 0. The fourth-order valence-electron chi connectivity index (χ4n) is 3.52. The quantitative estimate of drug-likeness (QED) is 0.847. The molecule has 1 heterocycles. The van der Waals surface area contributed by atoms with Crippen molar-refractivity contribution in [2.24, 2.45) is 0 Å². The molecule has 3 nitrogen and oxygen atoms in total. The molecular formula is C18H23NO2. The molecule has 3 rings (SSSR count). The Morgan fingerprint density at radius 3 is 2.62 bits per heavy atom. The lowest BCUT2D eigenvalue weighted by atomic mass is 9.94. The van der Waals surface area contributed by atoms with E-state index in [0.717, 1.165) is 22.8 Å². The number of likely N-dealkylation sites (tertiary alicyclic amines) is 1. The zero-order valence-electron chi connectivity index (χ0n) is 12.8. The molecule has 2 N–H and O–H groups in total. The van der Waals surface area contributed by atoms with E-state index in [4.69, 9.17) is 0 Å². The normalized spacial score (nSPS) is 17.4. The summed E-state index contributed by atoms with van der Waals surface area (Å²) in [4.78, 5) is 2.54. The van der Waals surface area contributed by atoms with E-state index in [1.54, 1.807) is 6.07 Å². The van der Waals surface area contributed by atoms with Gasteiger partial charge in [0, 0.05) is 11.6 Å². The van der Waals surface area contributed by atoms with Gasteiger partial charge in [-0.3, -0.25) is 0 Å². The Hall–Kier alpha value is -1.74. The Bertz CT molecular complexity index is 660. The Kier molecular flexibility index (Phi) is 3.77. The topological polar surface area (TPSA) is 43.7 Å². The van der Waals surface area contributed by atoms with E-state index in [2.05, 4.69) is 17.9 Å². The fourth-order valence-corrected chi connectivity index (χ4v) is 3.52. The zero-order valence-corrected chi connectivity index (χ0v) is 12.8. The highest BCUT2D eigenvalue weighted by molar-refractivity contribution is 5.92. The van der Waals surface area contributed by atoms with Crippen molar-refractivity contribution in [3.63, 3.8) is 0 Å². The van der Waals surface area contributed by atoms with Crippen molar-refractivity contribution < 1.29 is 10.2 Å². The second-order valence-electron chi connectivity index (χ2n) is 6.18. The number of phenolic OH excluding ortho intramolecular Hbond substituents is 2. The highest BCUT2D eigenvalue weighted by atomic mass is 16.3. The molecule has 1 aliphatic rings. The van der Waals surface area contributed by atoms with Gasteiger partial charge in [0.15, 0.2) is 11.5 Å². The minimum atomic E-state index is -0.0373. The van der Waals surface area contributed by atoms with Crippen LogP contribution in [-0.2, 0) is 6.42 Å². The number of benzene rings is 2. The second-order valence-corrected chi connectivity index (χ2v) is 6.18. The van der Waals surface area contributed by atoms with Crippen LogP contribution >= 0.6 is 0 Å². The highest BCUT2D eigenvalue weighted by Gasteiger charge is 2.20. The van der Waals surface area contributed by atoms with Gasteiger partial charge in [0.2, 0.25) is 0 Å². The summed E-state index contributed by atoms with van der Waals surface area (Å²) >= 11 is 0. The molecule has 1 unspecified atom stereocenters. The molecule has 1 fully saturated rings. The first-order valence-electron chi connectivity index (χ1n) is 7.75. The molecule has 1 aliphatic heterocycles. The third kappa shape index (κ3) is 2.58. The number of hydrogen-bond donors (Lipinski definition) is 2. The largest absolute Gasteiger partial charge is 0.504 e. The molecule has 0 bridgehead atoms. The third-order valence-electron chi connectivity index (χ3n) is 4.73. The van der Waals surface area contributed by atoms with Crippen molar-refractivity contribution in [1.29, 1.82) is 0 Å². The van der Waals surface area contributed by atoms with E-state index in [1.165, 1.54) is 31.5 Å². The van der Waals surface area contributed by atoms with E-state index in [-0.39, 0.29) is 11.5 Å². The summed E-state index contributed by atoms with van der Waals surface area (Å²) in [6.07, 6.45) is 3.57. The smallest absolute Gasteiger partial charge is 0.161 e. The van der Waals surface area contributed by atoms with E-state index < -0.39 is 0 Å². The van der Waals surface area contributed by atoms with Gasteiger partial charge in [-0.05, 0) is 68.6 Å². The maximum atomic E-state index is 10.0. The van der Waals surface area contributed by atoms with Gasteiger partial charge in [-0.15, -0.1) is 0 Å². The maximum absolute atomic E-state index is 10.0. The van der Waals surface area contributed by atoms with Gasteiger partial charge in [0.1, 0.15) is 0 Å². The Labute approximate surface area is 125 Å². The van der Waals surface area contributed by atoms with Crippen LogP contribution in [0, 0.1) is 6.92 Å². The molecule has 1 atom stereocenters. The van der Waals surface area contributed by atoms with E-state index in [9.17, 15) is 10.2 Å². The zero-order chi connectivity index (χ0) is 15.0. The van der Waals surface area contributed by atoms with Crippen LogP contribution in [0.3, 0.4) is 0 Å². The molecule has 0 aromatic heterocycles. The monoisotopic (exact) mass is 285 g/mol. The van der Waals surface area contributed by atoms with Crippen molar-refractivity contribution >= 4 is 10.8 Å². The molecule has 21 heavy (non-hydrogen) atoms. The van der Waals surface area contributed by atoms with Crippen molar-refractivity contribution in [2.75, 3.05) is 13.1 Å². The molecule has 3 heteroatoms. The summed E-state index contributed by atoms with van der Waals surface area (Å²) in [6, 6.07) is 8.32. The van der Waals surface area contributed by atoms with Gasteiger partial charge in [-0.25, -0.2) is 0 Å². The van der Waals surface area contributed by atoms with Gasteiger partial charge in [-0.1, -0.05) is 18.2 Å². The second kappa shape index (κ2) is 5.57. The van der Waals surface area contributed by atoms with E-state index in [1.807, 2.05) is 19.1 Å². The molecule has 112 valence electrons. The fraction of sp³-hybridized carbons (Fsp3) is 0.444. The van der Waals surface area contributed by atoms with Crippen molar-refractivity contribution in [3.05, 3.63) is 35.4 Å². The minimum absolute atomic E-state index is 0.00350. The molecule has 1 saturated heterocycles. The summed E-state index contributed by atoms with van der Waals surface area (Å²) in [5, 5.41) is 21.9. The lowest BCUT2D eigenvalue weighted by molar-refractivity contribution is 0.258. The summed E-state index contributed by atoms with van der Waals surface area (Å²) < 4.78 is 0. The number of hydrogen-bond acceptors (Lipinski definition) is 3. The lowest BCUT2D eigenvalue weighted by Crippen LogP contribution is -2.31. The van der Waals surface area contributed by atoms with Gasteiger partial charge < -0.3 is 15.1 Å². The molecule has 0 radical (unpaired) electrons. The average Bonchev–Trinajstić information content (AvgIpc) is 2.99. The summed E-state index contributed by atoms with van der Waals surface area (Å²) in [5.41, 5.74) is 2.02. The van der Waals surface area contributed by atoms with E-state index in [0.29, 0.717) is 6.04 Å². The van der Waals surface area contributed by atoms with Crippen LogP contribution in [0.25, 0.3) is 10.8 Å². The van der Waals surface area contributed by atoms with Crippen LogP contribution in [0.5, 0.6) is 11.5 Å². The summed E-state index contributed by atoms with van der Waals surface area (Å²) in [5.74, 6) is -0.0338. The predicted octanol–water partition coefficient (Wildman–Crippen LogP) is 3.59. The number of phenols is 2.